The van der Waals surface area contributed by atoms with E-state index in [0.29, 0.717) is 24.3 Å². The Kier molecular flexibility index (Phi) is 5.63. The van der Waals surface area contributed by atoms with Crippen molar-refractivity contribution in [1.82, 2.24) is 30.2 Å². The van der Waals surface area contributed by atoms with Gasteiger partial charge in [0.05, 0.1) is 28.5 Å². The monoisotopic (exact) mass is 548 g/mol. The minimum Gasteiger partial charge on any atom is -0.382 e. The molecule has 0 unspecified atom stereocenters. The summed E-state index contributed by atoms with van der Waals surface area (Å²) in [4.78, 5) is 40.7. The summed E-state index contributed by atoms with van der Waals surface area (Å²) in [5.41, 5.74) is 13.3. The molecule has 4 aromatic rings. The summed E-state index contributed by atoms with van der Waals surface area (Å²) < 4.78 is 6.70. The first-order valence-corrected chi connectivity index (χ1v) is 12.3. The van der Waals surface area contributed by atoms with Crippen LogP contribution in [0.5, 0.6) is 0 Å². The molecule has 14 nitrogen and oxygen atoms in total. The van der Waals surface area contributed by atoms with E-state index in [1.165, 1.54) is 16.1 Å². The highest BCUT2D eigenvalue weighted by Gasteiger charge is 2.54. The molecule has 3 aromatic heterocycles. The van der Waals surface area contributed by atoms with Crippen LogP contribution in [0.4, 0.5) is 17.6 Å². The molecule has 6 rings (SSSR count). The van der Waals surface area contributed by atoms with Crippen LogP contribution in [-0.4, -0.2) is 42.3 Å². The molecule has 2 aliphatic rings. The van der Waals surface area contributed by atoms with Crippen LogP contribution in [0.2, 0.25) is 5.02 Å². The molecule has 1 amide bonds. The van der Waals surface area contributed by atoms with Crippen molar-refractivity contribution in [3.8, 4) is 6.07 Å². The number of aromatic nitrogens is 5. The highest BCUT2D eigenvalue weighted by molar-refractivity contribution is 6.35. The topological polar surface area (TPSA) is 215 Å². The van der Waals surface area contributed by atoms with Crippen LogP contribution in [0.25, 0.3) is 10.9 Å². The Morgan fingerprint density at radius 2 is 2.10 bits per heavy atom. The van der Waals surface area contributed by atoms with Crippen LogP contribution < -0.4 is 27.4 Å². The maximum Gasteiger partial charge on any atom is 0.296 e. The maximum atomic E-state index is 13.9. The summed E-state index contributed by atoms with van der Waals surface area (Å²) in [7, 11) is 0. The Labute approximate surface area is 224 Å². The van der Waals surface area contributed by atoms with Crippen molar-refractivity contribution in [2.75, 3.05) is 22.9 Å². The van der Waals surface area contributed by atoms with Gasteiger partial charge in [0, 0.05) is 12.6 Å². The lowest BCUT2D eigenvalue weighted by molar-refractivity contribution is 0.0696. The second-order valence-electron chi connectivity index (χ2n) is 9.74. The number of hydroxylamine groups is 1. The third-order valence-corrected chi connectivity index (χ3v) is 7.57. The van der Waals surface area contributed by atoms with E-state index in [-0.39, 0.29) is 57.0 Å². The number of hydrogen-bond acceptors (Lipinski definition) is 12. The zero-order chi connectivity index (χ0) is 27.5. The Hall–Kier alpha value is -4.74. The predicted octanol–water partition coefficient (Wildman–Crippen LogP) is 1.76. The lowest BCUT2D eigenvalue weighted by atomic mass is 10.0. The summed E-state index contributed by atoms with van der Waals surface area (Å²) >= 11 is 6.41. The zero-order valence-corrected chi connectivity index (χ0v) is 21.0. The van der Waals surface area contributed by atoms with E-state index in [1.54, 1.807) is 18.2 Å². The van der Waals surface area contributed by atoms with Gasteiger partial charge < -0.3 is 20.9 Å². The molecule has 15 heteroatoms. The summed E-state index contributed by atoms with van der Waals surface area (Å²) in [5.74, 6) is -0.166. The maximum absolute atomic E-state index is 13.9. The third-order valence-electron chi connectivity index (χ3n) is 7.25. The number of hydrogen-bond donors (Lipinski definition) is 4. The number of nitriles is 1. The Bertz CT molecular complexity index is 1760. The van der Waals surface area contributed by atoms with Gasteiger partial charge in [-0.3, -0.25) is 19.4 Å². The number of nitrogens with zero attached hydrogens (tertiary/aromatic N) is 7. The first-order chi connectivity index (χ1) is 18.7. The van der Waals surface area contributed by atoms with Crippen molar-refractivity contribution < 1.29 is 14.5 Å². The first-order valence-electron chi connectivity index (χ1n) is 11.9. The van der Waals surface area contributed by atoms with E-state index >= 15 is 0 Å². The van der Waals surface area contributed by atoms with Gasteiger partial charge in [0.25, 0.3) is 11.5 Å². The molecule has 2 fully saturated rings. The fourth-order valence-corrected chi connectivity index (χ4v) is 5.45. The van der Waals surface area contributed by atoms with Crippen molar-refractivity contribution in [3.05, 3.63) is 62.5 Å². The standard InChI is InChI=1S/C24H21ClN10O4/c25-13-2-1-3-14-17(13)22(37)34(9-11-6-15(33-39-11)21(36)32-38)20(29-14)16-7-24(4-5-24)10-35(16)19-12(8-26)18(27)30-23(28)31-19/h1-3,6,16,38H,4-5,7,9-10H2,(H,32,36)(H4,27,28,30,31)/t16-/m0/s1. The first kappa shape index (κ1) is 24.6. The summed E-state index contributed by atoms with van der Waals surface area (Å²) in [6.07, 6.45) is 2.56. The molecule has 1 aromatic carbocycles. The molecular formula is C24H21ClN10O4. The molecule has 6 N–H and O–H groups in total. The molecule has 1 saturated carbocycles. The lowest BCUT2D eigenvalue weighted by Gasteiger charge is -2.28. The molecule has 1 aliphatic heterocycles. The van der Waals surface area contributed by atoms with Crippen LogP contribution >= 0.6 is 11.6 Å². The Morgan fingerprint density at radius 3 is 2.82 bits per heavy atom. The highest BCUT2D eigenvalue weighted by Crippen LogP contribution is 2.59. The van der Waals surface area contributed by atoms with E-state index in [2.05, 4.69) is 21.2 Å². The van der Waals surface area contributed by atoms with Gasteiger partial charge in [-0.1, -0.05) is 22.8 Å². The minimum atomic E-state index is -0.863. The highest BCUT2D eigenvalue weighted by atomic mass is 35.5. The number of carbonyl (C=O) groups excluding carboxylic acids is 1. The smallest absolute Gasteiger partial charge is 0.296 e. The number of halogens is 1. The van der Waals surface area contributed by atoms with Crippen LogP contribution in [0, 0.1) is 16.7 Å². The minimum absolute atomic E-state index is 0.0394. The van der Waals surface area contributed by atoms with Gasteiger partial charge in [0.1, 0.15) is 23.3 Å². The fraction of sp³-hybridized carbons (Fsp3) is 0.292. The van der Waals surface area contributed by atoms with Crippen LogP contribution in [0.3, 0.4) is 0 Å². The van der Waals surface area contributed by atoms with Gasteiger partial charge in [-0.15, -0.1) is 0 Å². The van der Waals surface area contributed by atoms with E-state index < -0.39 is 17.5 Å². The average Bonchev–Trinajstić information content (AvgIpc) is 3.32. The van der Waals surface area contributed by atoms with Crippen LogP contribution in [0.15, 0.2) is 33.6 Å². The summed E-state index contributed by atoms with van der Waals surface area (Å²) in [6.45, 7) is 0.416. The number of carbonyl (C=O) groups is 1. The SMILES string of the molecule is N#Cc1c(N)nc(N)nc1N1CC2(CC2)C[C@H]1c1nc2cccc(Cl)c2c(=O)n1Cc1cc(C(=O)NO)no1. The molecule has 1 atom stereocenters. The molecule has 39 heavy (non-hydrogen) atoms. The van der Waals surface area contributed by atoms with Gasteiger partial charge in [-0.2, -0.15) is 15.2 Å². The molecule has 1 aliphatic carbocycles. The quantitative estimate of drug-likeness (QED) is 0.207. The largest absolute Gasteiger partial charge is 0.382 e. The summed E-state index contributed by atoms with van der Waals surface area (Å²) in [6, 6.07) is 7.89. The lowest BCUT2D eigenvalue weighted by Crippen LogP contribution is -2.33. The van der Waals surface area contributed by atoms with Crippen molar-refractivity contribution in [3.63, 3.8) is 0 Å². The number of nitrogen functional groups attached to an aromatic ring is 2. The molecule has 1 saturated heterocycles. The molecule has 4 heterocycles. The van der Waals surface area contributed by atoms with Gasteiger partial charge in [-0.05, 0) is 36.8 Å². The normalized spacial score (nSPS) is 17.5. The molecule has 0 radical (unpaired) electrons. The van der Waals surface area contributed by atoms with Crippen LogP contribution in [0.1, 0.15) is 52.9 Å². The Balaban J connectivity index is 1.55. The van der Waals surface area contributed by atoms with E-state index in [4.69, 9.17) is 37.8 Å². The second kappa shape index (κ2) is 8.93. The second-order valence-corrected chi connectivity index (χ2v) is 10.1. The van der Waals surface area contributed by atoms with Crippen molar-refractivity contribution in [2.24, 2.45) is 5.41 Å². The Morgan fingerprint density at radius 1 is 1.31 bits per heavy atom. The van der Waals surface area contributed by atoms with E-state index in [9.17, 15) is 14.9 Å². The van der Waals surface area contributed by atoms with Crippen molar-refractivity contribution in [2.45, 2.75) is 31.8 Å². The van der Waals surface area contributed by atoms with Crippen LogP contribution in [-0.2, 0) is 6.54 Å². The fourth-order valence-electron chi connectivity index (χ4n) is 5.20. The predicted molar refractivity (Wildman–Crippen MR) is 138 cm³/mol. The molecular weight excluding hydrogens is 528 g/mol. The third kappa shape index (κ3) is 4.08. The number of fused-ring (bicyclic) bond motifs is 1. The van der Waals surface area contributed by atoms with Crippen molar-refractivity contribution >= 4 is 46.0 Å². The number of anilines is 3. The number of amides is 1. The van der Waals surface area contributed by atoms with Gasteiger partial charge >= 0.3 is 0 Å². The number of nitrogens with two attached hydrogens (primary N) is 2. The molecule has 0 bridgehead atoms. The number of benzene rings is 1. The molecule has 1 spiro atoms. The zero-order valence-electron chi connectivity index (χ0n) is 20.3. The number of nitrogens with one attached hydrogen (secondary N) is 1. The van der Waals surface area contributed by atoms with Gasteiger partial charge in [-0.25, -0.2) is 10.5 Å². The number of rotatable bonds is 5. The van der Waals surface area contributed by atoms with Gasteiger partial charge in [0.2, 0.25) is 5.95 Å². The van der Waals surface area contributed by atoms with E-state index in [0.717, 1.165) is 12.8 Å². The van der Waals surface area contributed by atoms with Gasteiger partial charge in [0.15, 0.2) is 17.3 Å². The average molecular weight is 549 g/mol. The van der Waals surface area contributed by atoms with Crippen molar-refractivity contribution in [1.29, 1.82) is 5.26 Å². The molecule has 198 valence electrons. The van der Waals surface area contributed by atoms with E-state index in [1.807, 2.05) is 4.90 Å². The summed E-state index contributed by atoms with van der Waals surface area (Å²) in [5, 5.41) is 22.9.